The molecule has 5 nitrogen and oxygen atoms in total. The topological polar surface area (TPSA) is 57.2 Å². The standard InChI is InChI=1S/C15H16F16O5/c1-5(33-4)34-6(2)35-7(3)36-15(30,31)13(26,27)11(22,23)9(18,19)8(16,17)10(20,21)12(24,25)14(28,29)32/h5-7,32H,1-4H3. The lowest BCUT2D eigenvalue weighted by Crippen LogP contribution is -2.75. The van der Waals surface area contributed by atoms with E-state index in [1.165, 1.54) is 0 Å². The van der Waals surface area contributed by atoms with Crippen molar-refractivity contribution in [2.45, 2.75) is 87.4 Å². The van der Waals surface area contributed by atoms with Gasteiger partial charge in [-0.25, -0.2) is 0 Å². The van der Waals surface area contributed by atoms with Gasteiger partial charge < -0.3 is 19.3 Å². The van der Waals surface area contributed by atoms with Crippen molar-refractivity contribution in [3.05, 3.63) is 0 Å². The summed E-state index contributed by atoms with van der Waals surface area (Å²) in [5.74, 6) is -50.0. The Balaban J connectivity index is 6.28. The van der Waals surface area contributed by atoms with Gasteiger partial charge in [-0.3, -0.25) is 4.74 Å². The third-order valence-electron chi connectivity index (χ3n) is 4.13. The van der Waals surface area contributed by atoms with Gasteiger partial charge in [-0.15, -0.1) is 0 Å². The number of ether oxygens (including phenoxy) is 4. The van der Waals surface area contributed by atoms with Crippen molar-refractivity contribution >= 4 is 0 Å². The maximum absolute atomic E-state index is 13.7. The van der Waals surface area contributed by atoms with E-state index in [0.717, 1.165) is 21.0 Å². The van der Waals surface area contributed by atoms with E-state index in [9.17, 15) is 70.2 Å². The first-order valence-corrected chi connectivity index (χ1v) is 8.76. The van der Waals surface area contributed by atoms with Crippen molar-refractivity contribution in [3.8, 4) is 0 Å². The number of rotatable bonds is 14. The Morgan fingerprint density at radius 3 is 1.11 bits per heavy atom. The van der Waals surface area contributed by atoms with Crippen LogP contribution in [0.25, 0.3) is 0 Å². The normalized spacial score (nSPS) is 18.2. The molecule has 36 heavy (non-hydrogen) atoms. The Morgan fingerprint density at radius 2 is 0.778 bits per heavy atom. The molecule has 0 bridgehead atoms. The first-order chi connectivity index (χ1) is 15.5. The van der Waals surface area contributed by atoms with Gasteiger partial charge in [-0.05, 0) is 20.8 Å². The minimum absolute atomic E-state index is 0.226. The van der Waals surface area contributed by atoms with Crippen LogP contribution in [0.5, 0.6) is 0 Å². The van der Waals surface area contributed by atoms with Crippen molar-refractivity contribution in [2.24, 2.45) is 0 Å². The molecule has 1 N–H and O–H groups in total. The van der Waals surface area contributed by atoms with Crippen LogP contribution < -0.4 is 0 Å². The predicted octanol–water partition coefficient (Wildman–Crippen LogP) is 5.71. The number of hydrogen-bond acceptors (Lipinski definition) is 5. The summed E-state index contributed by atoms with van der Waals surface area (Å²) < 4.78 is 229. The van der Waals surface area contributed by atoms with E-state index in [1.807, 2.05) is 0 Å². The molecule has 0 aliphatic carbocycles. The van der Waals surface area contributed by atoms with Gasteiger partial charge in [-0.2, -0.15) is 70.2 Å². The molecule has 0 aromatic heterocycles. The number of methoxy groups -OCH3 is 1. The summed E-state index contributed by atoms with van der Waals surface area (Å²) in [6.07, 6.45) is -20.1. The molecule has 0 saturated carbocycles. The lowest BCUT2D eigenvalue weighted by atomic mass is 9.90. The smallest absolute Gasteiger partial charge is 0.356 e. The summed E-state index contributed by atoms with van der Waals surface area (Å²) in [6.45, 7) is 2.22. The zero-order valence-corrected chi connectivity index (χ0v) is 17.9. The monoisotopic (exact) mass is 580 g/mol. The van der Waals surface area contributed by atoms with Gasteiger partial charge in [0.1, 0.15) is 0 Å². The van der Waals surface area contributed by atoms with E-state index in [1.54, 1.807) is 0 Å². The molecule has 0 heterocycles. The molecule has 0 aromatic rings. The first kappa shape index (κ1) is 34.7. The van der Waals surface area contributed by atoms with Crippen molar-refractivity contribution in [3.63, 3.8) is 0 Å². The van der Waals surface area contributed by atoms with Crippen molar-refractivity contribution < 1.29 is 94.3 Å². The van der Waals surface area contributed by atoms with Crippen molar-refractivity contribution in [2.75, 3.05) is 7.11 Å². The summed E-state index contributed by atoms with van der Waals surface area (Å²) in [4.78, 5) is 0. The molecule has 0 aliphatic rings. The fourth-order valence-corrected chi connectivity index (χ4v) is 2.10. The molecule has 0 rings (SSSR count). The van der Waals surface area contributed by atoms with E-state index >= 15 is 0 Å². The Hall–Kier alpha value is -1.32. The second kappa shape index (κ2) is 10.1. The van der Waals surface area contributed by atoms with Crippen molar-refractivity contribution in [1.29, 1.82) is 0 Å². The number of aliphatic hydroxyl groups is 1. The second-order valence-corrected chi connectivity index (χ2v) is 6.83. The Kier molecular flexibility index (Phi) is 9.73. The van der Waals surface area contributed by atoms with Crippen LogP contribution in [0.1, 0.15) is 20.8 Å². The molecule has 218 valence electrons. The van der Waals surface area contributed by atoms with Gasteiger partial charge in [0.15, 0.2) is 18.9 Å². The fraction of sp³-hybridized carbons (Fsp3) is 1.00. The number of halogens is 16. The maximum Gasteiger partial charge on any atom is 0.428 e. The molecule has 0 saturated heterocycles. The molecule has 3 atom stereocenters. The van der Waals surface area contributed by atoms with Gasteiger partial charge in [0.2, 0.25) is 0 Å². The highest BCUT2D eigenvalue weighted by atomic mass is 19.4. The molecular formula is C15H16F16O5. The highest BCUT2D eigenvalue weighted by Gasteiger charge is 2.95. The highest BCUT2D eigenvalue weighted by molar-refractivity contribution is 5.14. The summed E-state index contributed by atoms with van der Waals surface area (Å²) in [6, 6.07) is 0. The van der Waals surface area contributed by atoms with E-state index in [2.05, 4.69) is 18.9 Å². The SMILES string of the molecule is COC(C)OC(C)OC(C)OC(F)(F)C(F)(F)C(F)(F)C(F)(F)C(F)(F)C(F)(F)C(F)(F)C(O)(F)F. The van der Waals surface area contributed by atoms with E-state index in [-0.39, 0.29) is 6.92 Å². The predicted molar refractivity (Wildman–Crippen MR) is 80.4 cm³/mol. The van der Waals surface area contributed by atoms with Crippen LogP contribution in [0.3, 0.4) is 0 Å². The van der Waals surface area contributed by atoms with Crippen molar-refractivity contribution in [1.82, 2.24) is 0 Å². The molecule has 0 fully saturated rings. The van der Waals surface area contributed by atoms with Gasteiger partial charge >= 0.3 is 47.8 Å². The Morgan fingerprint density at radius 1 is 0.472 bits per heavy atom. The third-order valence-corrected chi connectivity index (χ3v) is 4.13. The van der Waals surface area contributed by atoms with Gasteiger partial charge in [-0.1, -0.05) is 0 Å². The number of hydrogen-bond donors (Lipinski definition) is 1. The molecule has 0 amide bonds. The van der Waals surface area contributed by atoms with Crippen LogP contribution in [0, 0.1) is 0 Å². The van der Waals surface area contributed by atoms with Crippen LogP contribution in [0.15, 0.2) is 0 Å². The van der Waals surface area contributed by atoms with Crippen LogP contribution in [-0.4, -0.2) is 78.8 Å². The van der Waals surface area contributed by atoms with Gasteiger partial charge in [0, 0.05) is 7.11 Å². The summed E-state index contributed by atoms with van der Waals surface area (Å²) >= 11 is 0. The molecule has 21 heteroatoms. The first-order valence-electron chi connectivity index (χ1n) is 8.76. The molecule has 0 aromatic carbocycles. The number of alkyl halides is 16. The van der Waals surface area contributed by atoms with Crippen LogP contribution >= 0.6 is 0 Å². The summed E-state index contributed by atoms with van der Waals surface area (Å²) in [7, 11) is 1.03. The second-order valence-electron chi connectivity index (χ2n) is 6.83. The van der Waals surface area contributed by atoms with Gasteiger partial charge in [0.25, 0.3) is 0 Å². The molecule has 3 unspecified atom stereocenters. The largest absolute Gasteiger partial charge is 0.428 e. The van der Waals surface area contributed by atoms with E-state index < -0.39 is 66.6 Å². The molecule has 0 radical (unpaired) electrons. The van der Waals surface area contributed by atoms with Crippen LogP contribution in [0.2, 0.25) is 0 Å². The zero-order valence-electron chi connectivity index (χ0n) is 17.9. The summed E-state index contributed by atoms with van der Waals surface area (Å²) in [5, 5.41) is 7.59. The van der Waals surface area contributed by atoms with E-state index in [0.29, 0.717) is 0 Å². The Bertz CT molecular complexity index is 738. The third kappa shape index (κ3) is 5.58. The molecule has 0 aliphatic heterocycles. The minimum Gasteiger partial charge on any atom is -0.356 e. The lowest BCUT2D eigenvalue weighted by molar-refractivity contribution is -0.489. The Labute approximate surface area is 190 Å². The lowest BCUT2D eigenvalue weighted by Gasteiger charge is -2.43. The highest BCUT2D eigenvalue weighted by Crippen LogP contribution is 2.63. The van der Waals surface area contributed by atoms with Gasteiger partial charge in [0.05, 0.1) is 0 Å². The molecular weight excluding hydrogens is 564 g/mol. The molecule has 0 spiro atoms. The fourth-order valence-electron chi connectivity index (χ4n) is 2.10. The minimum atomic E-state index is -8.63. The maximum atomic E-state index is 13.7. The average Bonchev–Trinajstić information content (AvgIpc) is 2.65. The quantitative estimate of drug-likeness (QED) is 0.211. The zero-order chi connectivity index (χ0) is 29.6. The summed E-state index contributed by atoms with van der Waals surface area (Å²) in [5.41, 5.74) is 0. The van der Waals surface area contributed by atoms with E-state index in [4.69, 9.17) is 5.11 Å². The van der Waals surface area contributed by atoms with Crippen LogP contribution in [-0.2, 0) is 18.9 Å². The van der Waals surface area contributed by atoms with Crippen LogP contribution in [0.4, 0.5) is 70.2 Å². The average molecular weight is 580 g/mol.